The number of H-pyrrole nitrogens is 1. The summed E-state index contributed by atoms with van der Waals surface area (Å²) in [6.07, 6.45) is 1.42. The fourth-order valence-electron chi connectivity index (χ4n) is 1.22. The van der Waals surface area contributed by atoms with Crippen molar-refractivity contribution in [3.05, 3.63) is 39.2 Å². The van der Waals surface area contributed by atoms with Crippen LogP contribution in [0, 0.1) is 11.3 Å². The molecule has 6 nitrogen and oxygen atoms in total. The van der Waals surface area contributed by atoms with E-state index in [0.717, 1.165) is 0 Å². The molecule has 1 aromatic heterocycles. The van der Waals surface area contributed by atoms with Gasteiger partial charge < -0.3 is 5.32 Å². The maximum atomic E-state index is 8.98. The number of nitrogens with one attached hydrogen (secondary N) is 2. The molecule has 0 atom stereocenters. The summed E-state index contributed by atoms with van der Waals surface area (Å²) in [6.45, 7) is 0. The first-order chi connectivity index (χ1) is 9.11. The van der Waals surface area contributed by atoms with E-state index in [1.807, 2.05) is 6.07 Å². The number of hydrogen-bond donors (Lipinski definition) is 2. The van der Waals surface area contributed by atoms with Crippen LogP contribution in [0.5, 0.6) is 0 Å². The summed E-state index contributed by atoms with van der Waals surface area (Å²) >= 11 is 17.6. The SMILES string of the molecule is N#CC(=CNc1cc(Cl)c(Cl)c(Cl)c1)c1nn[nH]n1. The highest BCUT2D eigenvalue weighted by atomic mass is 35.5. The number of allylic oxidation sites excluding steroid dienone is 1. The lowest BCUT2D eigenvalue weighted by Crippen LogP contribution is -1.93. The molecule has 0 amide bonds. The first kappa shape index (κ1) is 13.6. The molecule has 19 heavy (non-hydrogen) atoms. The fourth-order valence-corrected chi connectivity index (χ4v) is 1.81. The van der Waals surface area contributed by atoms with Gasteiger partial charge in [-0.1, -0.05) is 34.8 Å². The predicted molar refractivity (Wildman–Crippen MR) is 72.9 cm³/mol. The molecule has 0 saturated heterocycles. The highest BCUT2D eigenvalue weighted by Crippen LogP contribution is 2.33. The third kappa shape index (κ3) is 3.15. The van der Waals surface area contributed by atoms with E-state index < -0.39 is 0 Å². The number of rotatable bonds is 3. The molecule has 0 spiro atoms. The first-order valence-electron chi connectivity index (χ1n) is 4.87. The summed E-state index contributed by atoms with van der Waals surface area (Å²) in [4.78, 5) is 0. The van der Waals surface area contributed by atoms with Crippen LogP contribution in [0.2, 0.25) is 15.1 Å². The summed E-state index contributed by atoms with van der Waals surface area (Å²) in [5, 5.41) is 25.8. The molecule has 0 aliphatic heterocycles. The third-order valence-corrected chi connectivity index (χ3v) is 3.27. The number of halogens is 3. The number of tetrazole rings is 1. The lowest BCUT2D eigenvalue weighted by molar-refractivity contribution is 0.881. The van der Waals surface area contributed by atoms with E-state index in [0.29, 0.717) is 15.7 Å². The Morgan fingerprint density at radius 3 is 2.53 bits per heavy atom. The average molecular weight is 316 g/mol. The second-order valence-electron chi connectivity index (χ2n) is 3.30. The van der Waals surface area contributed by atoms with Crippen LogP contribution in [0.3, 0.4) is 0 Å². The predicted octanol–water partition coefficient (Wildman–Crippen LogP) is 3.14. The number of nitrogens with zero attached hydrogens (tertiary/aromatic N) is 4. The van der Waals surface area contributed by atoms with Gasteiger partial charge in [0.15, 0.2) is 0 Å². The van der Waals surface area contributed by atoms with Gasteiger partial charge in [-0.2, -0.15) is 10.5 Å². The van der Waals surface area contributed by atoms with Crippen LogP contribution in [-0.2, 0) is 0 Å². The van der Waals surface area contributed by atoms with Crippen molar-refractivity contribution in [2.24, 2.45) is 0 Å². The topological polar surface area (TPSA) is 90.3 Å². The molecule has 0 aliphatic carbocycles. The minimum absolute atomic E-state index is 0.182. The van der Waals surface area contributed by atoms with Crippen LogP contribution in [0.25, 0.3) is 5.57 Å². The Kier molecular flexibility index (Phi) is 4.22. The molecule has 0 fully saturated rings. The van der Waals surface area contributed by atoms with Crippen LogP contribution in [0.4, 0.5) is 5.69 Å². The van der Waals surface area contributed by atoms with Crippen molar-refractivity contribution in [2.75, 3.05) is 5.32 Å². The summed E-state index contributed by atoms with van der Waals surface area (Å²) in [6, 6.07) is 5.10. The Hall–Kier alpha value is -1.81. The second-order valence-corrected chi connectivity index (χ2v) is 4.50. The van der Waals surface area contributed by atoms with E-state index in [-0.39, 0.29) is 16.4 Å². The highest BCUT2D eigenvalue weighted by molar-refractivity contribution is 6.48. The minimum atomic E-state index is 0.182. The highest BCUT2D eigenvalue weighted by Gasteiger charge is 2.07. The van der Waals surface area contributed by atoms with Crippen molar-refractivity contribution in [1.82, 2.24) is 20.6 Å². The molecular weight excluding hydrogens is 311 g/mol. The van der Waals surface area contributed by atoms with E-state index in [1.165, 1.54) is 6.20 Å². The monoisotopic (exact) mass is 314 g/mol. The maximum absolute atomic E-state index is 8.98. The summed E-state index contributed by atoms with van der Waals surface area (Å²) < 4.78 is 0. The van der Waals surface area contributed by atoms with Gasteiger partial charge in [-0.05, 0) is 17.3 Å². The van der Waals surface area contributed by atoms with Crippen molar-refractivity contribution in [3.8, 4) is 6.07 Å². The number of anilines is 1. The zero-order chi connectivity index (χ0) is 13.8. The van der Waals surface area contributed by atoms with E-state index >= 15 is 0 Å². The first-order valence-corrected chi connectivity index (χ1v) is 6.00. The Labute approximate surface area is 123 Å². The van der Waals surface area contributed by atoms with Crippen LogP contribution >= 0.6 is 34.8 Å². The number of benzene rings is 1. The zero-order valence-corrected chi connectivity index (χ0v) is 11.4. The molecular formula is C10H5Cl3N6. The van der Waals surface area contributed by atoms with Gasteiger partial charge in [0.1, 0.15) is 11.6 Å². The zero-order valence-electron chi connectivity index (χ0n) is 9.15. The number of aromatic nitrogens is 4. The molecule has 1 aromatic carbocycles. The van der Waals surface area contributed by atoms with Gasteiger partial charge in [-0.3, -0.25) is 0 Å². The van der Waals surface area contributed by atoms with Crippen molar-refractivity contribution in [3.63, 3.8) is 0 Å². The molecule has 96 valence electrons. The Morgan fingerprint density at radius 2 is 2.00 bits per heavy atom. The Balaban J connectivity index is 2.25. The van der Waals surface area contributed by atoms with E-state index in [4.69, 9.17) is 40.1 Å². The van der Waals surface area contributed by atoms with Crippen molar-refractivity contribution in [1.29, 1.82) is 5.26 Å². The third-order valence-electron chi connectivity index (χ3n) is 2.07. The van der Waals surface area contributed by atoms with Gasteiger partial charge in [-0.15, -0.1) is 10.2 Å². The largest absolute Gasteiger partial charge is 0.360 e. The van der Waals surface area contributed by atoms with Crippen LogP contribution in [0.15, 0.2) is 18.3 Å². The maximum Gasteiger partial charge on any atom is 0.216 e. The van der Waals surface area contributed by atoms with Gasteiger partial charge in [0.25, 0.3) is 0 Å². The lowest BCUT2D eigenvalue weighted by atomic mass is 10.3. The summed E-state index contributed by atoms with van der Waals surface area (Å²) in [5.41, 5.74) is 0.784. The molecule has 0 radical (unpaired) electrons. The van der Waals surface area contributed by atoms with Gasteiger partial charge in [0.2, 0.25) is 5.82 Å². The lowest BCUT2D eigenvalue weighted by Gasteiger charge is -2.05. The van der Waals surface area contributed by atoms with Gasteiger partial charge in [0.05, 0.1) is 15.1 Å². The molecule has 0 bridgehead atoms. The van der Waals surface area contributed by atoms with Crippen molar-refractivity contribution >= 4 is 46.1 Å². The Bertz CT molecular complexity index is 635. The number of aromatic amines is 1. The van der Waals surface area contributed by atoms with Crippen LogP contribution in [-0.4, -0.2) is 20.6 Å². The van der Waals surface area contributed by atoms with E-state index in [1.54, 1.807) is 12.1 Å². The second kappa shape index (κ2) is 5.89. The molecule has 0 unspecified atom stereocenters. The smallest absolute Gasteiger partial charge is 0.216 e. The summed E-state index contributed by atoms with van der Waals surface area (Å²) in [7, 11) is 0. The molecule has 2 rings (SSSR count). The van der Waals surface area contributed by atoms with E-state index in [2.05, 4.69) is 25.9 Å². The summed E-state index contributed by atoms with van der Waals surface area (Å²) in [5.74, 6) is 0.182. The van der Waals surface area contributed by atoms with Gasteiger partial charge in [-0.25, -0.2) is 0 Å². The van der Waals surface area contributed by atoms with Crippen molar-refractivity contribution < 1.29 is 0 Å². The molecule has 0 aliphatic rings. The van der Waals surface area contributed by atoms with Crippen LogP contribution < -0.4 is 5.32 Å². The Morgan fingerprint density at radius 1 is 1.32 bits per heavy atom. The molecule has 2 aromatic rings. The molecule has 1 heterocycles. The number of nitriles is 1. The normalized spacial score (nSPS) is 11.2. The molecule has 9 heteroatoms. The quantitative estimate of drug-likeness (QED) is 0.671. The van der Waals surface area contributed by atoms with Gasteiger partial charge in [0, 0.05) is 11.9 Å². The number of hydrogen-bond acceptors (Lipinski definition) is 5. The standard InChI is InChI=1S/C10H5Cl3N6/c11-7-1-6(2-8(12)9(7)13)15-4-5(3-14)10-16-18-19-17-10/h1-2,4,15H,(H,16,17,18,19). The minimum Gasteiger partial charge on any atom is -0.360 e. The molecule has 0 saturated carbocycles. The van der Waals surface area contributed by atoms with Crippen LogP contribution in [0.1, 0.15) is 5.82 Å². The van der Waals surface area contributed by atoms with Gasteiger partial charge >= 0.3 is 0 Å². The fraction of sp³-hybridized carbons (Fsp3) is 0. The molecule has 2 N–H and O–H groups in total. The average Bonchev–Trinajstić information content (AvgIpc) is 2.90. The van der Waals surface area contributed by atoms with Crippen molar-refractivity contribution in [2.45, 2.75) is 0 Å². The van der Waals surface area contributed by atoms with E-state index in [9.17, 15) is 0 Å².